The first-order valence-electron chi connectivity index (χ1n) is 6.60. The van der Waals surface area contributed by atoms with Gasteiger partial charge in [0.05, 0.1) is 24.1 Å². The van der Waals surface area contributed by atoms with Gasteiger partial charge in [0.15, 0.2) is 0 Å². The fourth-order valence-corrected chi connectivity index (χ4v) is 2.23. The zero-order valence-electron chi connectivity index (χ0n) is 11.3. The van der Waals surface area contributed by atoms with Crippen molar-refractivity contribution in [3.8, 4) is 0 Å². The molecular weight excluding hydrogens is 266 g/mol. The number of benzene rings is 1. The number of rotatable bonds is 4. The van der Waals surface area contributed by atoms with E-state index in [1.165, 1.54) is 18.7 Å². The Hall–Kier alpha value is -2.73. The van der Waals surface area contributed by atoms with Crippen molar-refractivity contribution in [3.63, 3.8) is 0 Å². The molecule has 6 heteroatoms. The molecule has 0 aliphatic rings. The third kappa shape index (κ3) is 2.90. The van der Waals surface area contributed by atoms with Gasteiger partial charge in [0.2, 0.25) is 5.91 Å². The zero-order chi connectivity index (χ0) is 14.7. The number of hydrogen-bond donors (Lipinski definition) is 3. The van der Waals surface area contributed by atoms with Crippen LogP contribution in [0.2, 0.25) is 0 Å². The van der Waals surface area contributed by atoms with Gasteiger partial charge in [-0.1, -0.05) is 18.2 Å². The third-order valence-electron chi connectivity index (χ3n) is 3.28. The third-order valence-corrected chi connectivity index (χ3v) is 3.28. The summed E-state index contributed by atoms with van der Waals surface area (Å²) < 4.78 is 0. The molecule has 3 rings (SSSR count). The maximum atomic E-state index is 12.1. The fraction of sp³-hybridized carbons (Fsp3) is 0.133. The average molecular weight is 281 g/mol. The van der Waals surface area contributed by atoms with E-state index in [0.717, 1.165) is 16.5 Å². The van der Waals surface area contributed by atoms with Gasteiger partial charge in [-0.25, -0.2) is 9.97 Å². The van der Waals surface area contributed by atoms with Crippen LogP contribution in [0.25, 0.3) is 10.9 Å². The molecule has 1 amide bonds. The Labute approximate surface area is 121 Å². The molecule has 1 atom stereocenters. The highest BCUT2D eigenvalue weighted by molar-refractivity contribution is 5.95. The molecule has 0 saturated heterocycles. The van der Waals surface area contributed by atoms with Gasteiger partial charge in [0.25, 0.3) is 0 Å². The molecule has 4 N–H and O–H groups in total. The molecule has 1 aromatic carbocycles. The molecule has 3 aromatic rings. The van der Waals surface area contributed by atoms with Crippen LogP contribution >= 0.6 is 0 Å². The minimum absolute atomic E-state index is 0.255. The molecular formula is C15H15N5O. The van der Waals surface area contributed by atoms with Crippen molar-refractivity contribution in [1.82, 2.24) is 15.0 Å². The molecule has 2 heterocycles. The maximum Gasteiger partial charge on any atom is 0.241 e. The highest BCUT2D eigenvalue weighted by Gasteiger charge is 2.16. The van der Waals surface area contributed by atoms with Crippen LogP contribution in [-0.4, -0.2) is 26.9 Å². The largest absolute Gasteiger partial charge is 0.361 e. The normalized spacial score (nSPS) is 12.2. The number of hydrogen-bond acceptors (Lipinski definition) is 4. The van der Waals surface area contributed by atoms with Gasteiger partial charge in [-0.2, -0.15) is 0 Å². The Morgan fingerprint density at radius 2 is 2.05 bits per heavy atom. The van der Waals surface area contributed by atoms with Crippen LogP contribution in [0.3, 0.4) is 0 Å². The Morgan fingerprint density at radius 1 is 1.29 bits per heavy atom. The number of nitrogens with one attached hydrogen (secondary N) is 2. The van der Waals surface area contributed by atoms with Gasteiger partial charge in [-0.15, -0.1) is 0 Å². The van der Waals surface area contributed by atoms with E-state index < -0.39 is 6.04 Å². The van der Waals surface area contributed by atoms with Crippen LogP contribution in [0, 0.1) is 0 Å². The van der Waals surface area contributed by atoms with Crippen molar-refractivity contribution < 1.29 is 4.79 Å². The molecule has 0 radical (unpaired) electrons. The number of nitrogens with two attached hydrogens (primary N) is 1. The van der Waals surface area contributed by atoms with Crippen molar-refractivity contribution in [2.45, 2.75) is 12.5 Å². The number of nitrogens with zero attached hydrogens (tertiary/aromatic N) is 2. The summed E-state index contributed by atoms with van der Waals surface area (Å²) >= 11 is 0. The molecule has 0 bridgehead atoms. The van der Waals surface area contributed by atoms with Crippen LogP contribution < -0.4 is 11.1 Å². The van der Waals surface area contributed by atoms with E-state index in [4.69, 9.17) is 5.73 Å². The summed E-state index contributed by atoms with van der Waals surface area (Å²) in [6.45, 7) is 0. The van der Waals surface area contributed by atoms with Gasteiger partial charge in [-0.3, -0.25) is 4.79 Å². The number of fused-ring (bicyclic) bond motifs is 1. The van der Waals surface area contributed by atoms with Crippen LogP contribution in [0.4, 0.5) is 5.69 Å². The summed E-state index contributed by atoms with van der Waals surface area (Å²) in [7, 11) is 0. The molecule has 0 unspecified atom stereocenters. The predicted octanol–water partition coefficient (Wildman–Crippen LogP) is 1.47. The fourth-order valence-electron chi connectivity index (χ4n) is 2.23. The Kier molecular flexibility index (Phi) is 3.61. The summed E-state index contributed by atoms with van der Waals surface area (Å²) in [4.78, 5) is 22.9. The first-order chi connectivity index (χ1) is 10.2. The van der Waals surface area contributed by atoms with Crippen molar-refractivity contribution >= 4 is 22.5 Å². The van der Waals surface area contributed by atoms with Crippen LogP contribution in [0.5, 0.6) is 0 Å². The highest BCUT2D eigenvalue weighted by atomic mass is 16.2. The van der Waals surface area contributed by atoms with Crippen LogP contribution in [0.1, 0.15) is 5.56 Å². The van der Waals surface area contributed by atoms with Crippen LogP contribution in [-0.2, 0) is 11.2 Å². The molecule has 0 aliphatic carbocycles. The summed E-state index contributed by atoms with van der Waals surface area (Å²) in [5.41, 5.74) is 8.58. The number of carbonyl (C=O) groups excluding carboxylic acids is 1. The summed E-state index contributed by atoms with van der Waals surface area (Å²) in [5, 5.41) is 3.79. The number of carbonyl (C=O) groups is 1. The second kappa shape index (κ2) is 5.72. The van der Waals surface area contributed by atoms with E-state index in [0.29, 0.717) is 12.1 Å². The van der Waals surface area contributed by atoms with Gasteiger partial charge in [0, 0.05) is 17.1 Å². The predicted molar refractivity (Wildman–Crippen MR) is 80.6 cm³/mol. The number of para-hydroxylation sites is 1. The molecule has 106 valence electrons. The van der Waals surface area contributed by atoms with Gasteiger partial charge < -0.3 is 16.0 Å². The molecule has 0 fully saturated rings. The molecule has 0 aliphatic heterocycles. The van der Waals surface area contributed by atoms with E-state index in [2.05, 4.69) is 20.3 Å². The Balaban J connectivity index is 1.71. The number of aromatic amines is 1. The molecule has 2 aromatic heterocycles. The van der Waals surface area contributed by atoms with Gasteiger partial charge >= 0.3 is 0 Å². The molecule has 0 saturated carbocycles. The lowest BCUT2D eigenvalue weighted by Crippen LogP contribution is -2.37. The summed E-state index contributed by atoms with van der Waals surface area (Å²) in [5.74, 6) is -0.255. The van der Waals surface area contributed by atoms with Crippen molar-refractivity contribution in [1.29, 1.82) is 0 Å². The summed E-state index contributed by atoms with van der Waals surface area (Å²) in [6.07, 6.45) is 6.82. The number of aromatic nitrogens is 3. The number of H-pyrrole nitrogens is 1. The van der Waals surface area contributed by atoms with Gasteiger partial charge in [-0.05, 0) is 18.1 Å². The lowest BCUT2D eigenvalue weighted by molar-refractivity contribution is -0.117. The monoisotopic (exact) mass is 281 g/mol. The lowest BCUT2D eigenvalue weighted by atomic mass is 10.1. The van der Waals surface area contributed by atoms with E-state index in [-0.39, 0.29) is 5.91 Å². The minimum atomic E-state index is -0.635. The van der Waals surface area contributed by atoms with E-state index in [1.54, 1.807) is 0 Å². The maximum absolute atomic E-state index is 12.1. The van der Waals surface area contributed by atoms with E-state index in [1.807, 2.05) is 30.5 Å². The molecule has 21 heavy (non-hydrogen) atoms. The minimum Gasteiger partial charge on any atom is -0.361 e. The van der Waals surface area contributed by atoms with Gasteiger partial charge in [0.1, 0.15) is 6.33 Å². The van der Waals surface area contributed by atoms with E-state index >= 15 is 0 Å². The topological polar surface area (TPSA) is 96.7 Å². The van der Waals surface area contributed by atoms with Crippen molar-refractivity contribution in [2.24, 2.45) is 5.73 Å². The molecule has 0 spiro atoms. The first-order valence-corrected chi connectivity index (χ1v) is 6.60. The average Bonchev–Trinajstić information content (AvgIpc) is 2.91. The second-order valence-corrected chi connectivity index (χ2v) is 4.79. The SMILES string of the molecule is N[C@H](Cc1c[nH]c2ccccc12)C(=O)Nc1cncnc1. The summed E-state index contributed by atoms with van der Waals surface area (Å²) in [6, 6.07) is 7.30. The molecule has 6 nitrogen and oxygen atoms in total. The van der Waals surface area contributed by atoms with E-state index in [9.17, 15) is 4.79 Å². The first kappa shape index (κ1) is 13.3. The Bertz CT molecular complexity index is 753. The zero-order valence-corrected chi connectivity index (χ0v) is 11.3. The van der Waals surface area contributed by atoms with Crippen LogP contribution in [0.15, 0.2) is 49.2 Å². The quantitative estimate of drug-likeness (QED) is 0.674. The number of amides is 1. The van der Waals surface area contributed by atoms with Crippen molar-refractivity contribution in [2.75, 3.05) is 5.32 Å². The standard InChI is InChI=1S/C15H15N5O/c16-13(15(21)20-11-7-17-9-18-8-11)5-10-6-19-14-4-2-1-3-12(10)14/h1-4,6-9,13,19H,5,16H2,(H,20,21)/t13-/m1/s1. The smallest absolute Gasteiger partial charge is 0.241 e. The highest BCUT2D eigenvalue weighted by Crippen LogP contribution is 2.19. The second-order valence-electron chi connectivity index (χ2n) is 4.79. The van der Waals surface area contributed by atoms with Crippen molar-refractivity contribution in [3.05, 3.63) is 54.7 Å². The lowest BCUT2D eigenvalue weighted by Gasteiger charge is -2.11. The number of anilines is 1. The Morgan fingerprint density at radius 3 is 2.86 bits per heavy atom.